The first-order valence-corrected chi connectivity index (χ1v) is 12.0. The van der Waals surface area contributed by atoms with E-state index in [0.29, 0.717) is 12.8 Å². The number of hydrogen-bond donors (Lipinski definition) is 5. The Morgan fingerprint density at radius 1 is 1.00 bits per heavy atom. The van der Waals surface area contributed by atoms with Crippen LogP contribution in [0.5, 0.6) is 0 Å². The van der Waals surface area contributed by atoms with Gasteiger partial charge in [0.2, 0.25) is 17.7 Å². The molecule has 1 aromatic carbocycles. The fraction of sp³-hybridized carbons (Fsp3) is 0.417. The zero-order valence-electron chi connectivity index (χ0n) is 19.3. The smallest absolute Gasteiger partial charge is 0.326 e. The summed E-state index contributed by atoms with van der Waals surface area (Å²) in [5, 5.41) is 19.0. The van der Waals surface area contributed by atoms with Crippen molar-refractivity contribution >= 4 is 35.0 Å². The fourth-order valence-electron chi connectivity index (χ4n) is 3.27. The second-order valence-electron chi connectivity index (χ2n) is 8.13. The molecular formula is C24H32N4O5S. The van der Waals surface area contributed by atoms with Crippen LogP contribution in [0.2, 0.25) is 0 Å². The first-order chi connectivity index (χ1) is 16.2. The monoisotopic (exact) mass is 488 g/mol. The van der Waals surface area contributed by atoms with Gasteiger partial charge < -0.3 is 26.8 Å². The molecule has 0 spiro atoms. The third-order valence-corrected chi connectivity index (χ3v) is 6.37. The Balaban J connectivity index is 1.91. The Hall–Kier alpha value is -3.24. The van der Waals surface area contributed by atoms with E-state index in [1.165, 1.54) is 11.3 Å². The number of carbonyl (C=O) groups excluding carboxylic acids is 3. The van der Waals surface area contributed by atoms with Gasteiger partial charge in [0, 0.05) is 17.7 Å². The van der Waals surface area contributed by atoms with E-state index in [1.807, 2.05) is 37.4 Å². The molecule has 3 amide bonds. The van der Waals surface area contributed by atoms with Crippen LogP contribution in [-0.2, 0) is 32.0 Å². The second-order valence-corrected chi connectivity index (χ2v) is 9.16. The van der Waals surface area contributed by atoms with Crippen molar-refractivity contribution in [3.05, 3.63) is 58.3 Å². The first kappa shape index (κ1) is 27.0. The average Bonchev–Trinajstić information content (AvgIpc) is 3.33. The van der Waals surface area contributed by atoms with E-state index >= 15 is 0 Å². The Morgan fingerprint density at radius 3 is 2.29 bits per heavy atom. The number of hydrogen-bond acceptors (Lipinski definition) is 6. The highest BCUT2D eigenvalue weighted by Crippen LogP contribution is 2.12. The molecule has 1 heterocycles. The molecular weight excluding hydrogens is 456 g/mol. The Labute approximate surface area is 203 Å². The van der Waals surface area contributed by atoms with Gasteiger partial charge in [-0.1, -0.05) is 56.7 Å². The van der Waals surface area contributed by atoms with Crippen LogP contribution in [0.4, 0.5) is 0 Å². The van der Waals surface area contributed by atoms with Gasteiger partial charge in [0.1, 0.15) is 12.1 Å². The van der Waals surface area contributed by atoms with Crippen molar-refractivity contribution in [3.63, 3.8) is 0 Å². The van der Waals surface area contributed by atoms with E-state index in [-0.39, 0.29) is 12.3 Å². The van der Waals surface area contributed by atoms with Crippen LogP contribution >= 0.6 is 11.3 Å². The molecule has 2 aromatic rings. The number of aliphatic carboxylic acids is 1. The van der Waals surface area contributed by atoms with Crippen LogP contribution < -0.4 is 21.7 Å². The molecule has 2 rings (SSSR count). The minimum absolute atomic E-state index is 0.115. The van der Waals surface area contributed by atoms with Gasteiger partial charge in [-0.05, 0) is 22.9 Å². The summed E-state index contributed by atoms with van der Waals surface area (Å²) < 4.78 is 0. The maximum atomic E-state index is 12.8. The van der Waals surface area contributed by atoms with Crippen LogP contribution in [-0.4, -0.2) is 53.5 Å². The molecule has 9 nitrogen and oxygen atoms in total. The molecule has 34 heavy (non-hydrogen) atoms. The lowest BCUT2D eigenvalue weighted by Gasteiger charge is -2.25. The maximum Gasteiger partial charge on any atom is 0.326 e. The van der Waals surface area contributed by atoms with E-state index in [1.54, 1.807) is 24.3 Å². The molecule has 0 aliphatic rings. The summed E-state index contributed by atoms with van der Waals surface area (Å²) in [4.78, 5) is 50.2. The Morgan fingerprint density at radius 2 is 1.71 bits per heavy atom. The number of nitrogens with two attached hydrogens (primary N) is 1. The standard InChI is InChI=1S/C24H32N4O5S/c1-3-15(2)21(28-22(30)18(25)13-17-10-7-11-34-17)23(31)26-14-20(29)27-19(24(32)33)12-16-8-5-4-6-9-16/h4-11,15,18-19,21H,3,12-14,25H2,1-2H3,(H,26,31)(H,27,29)(H,28,30)(H,32,33)/t15-,18-,19-,21-/m0/s1. The number of carboxylic acids is 1. The van der Waals surface area contributed by atoms with Crippen molar-refractivity contribution < 1.29 is 24.3 Å². The molecule has 4 atom stereocenters. The summed E-state index contributed by atoms with van der Waals surface area (Å²) in [6.07, 6.45) is 1.09. The molecule has 0 bridgehead atoms. The van der Waals surface area contributed by atoms with Crippen LogP contribution in [0, 0.1) is 5.92 Å². The summed E-state index contributed by atoms with van der Waals surface area (Å²) in [6.45, 7) is 3.29. The third kappa shape index (κ3) is 8.60. The molecule has 0 saturated carbocycles. The molecule has 0 radical (unpaired) electrons. The highest BCUT2D eigenvalue weighted by molar-refractivity contribution is 7.09. The van der Waals surface area contributed by atoms with Crippen LogP contribution in [0.25, 0.3) is 0 Å². The van der Waals surface area contributed by atoms with Crippen molar-refractivity contribution in [3.8, 4) is 0 Å². The molecule has 0 unspecified atom stereocenters. The van der Waals surface area contributed by atoms with Gasteiger partial charge in [-0.25, -0.2) is 4.79 Å². The molecule has 184 valence electrons. The predicted molar refractivity (Wildman–Crippen MR) is 130 cm³/mol. The Bertz CT molecular complexity index is 952. The number of amides is 3. The largest absolute Gasteiger partial charge is 0.480 e. The topological polar surface area (TPSA) is 151 Å². The molecule has 1 aromatic heterocycles. The van der Waals surface area contributed by atoms with E-state index < -0.39 is 48.4 Å². The zero-order chi connectivity index (χ0) is 25.1. The van der Waals surface area contributed by atoms with Crippen LogP contribution in [0.15, 0.2) is 47.8 Å². The maximum absolute atomic E-state index is 12.8. The highest BCUT2D eigenvalue weighted by atomic mass is 32.1. The molecule has 0 fully saturated rings. The van der Waals surface area contributed by atoms with Gasteiger partial charge >= 0.3 is 5.97 Å². The second kappa shape index (κ2) is 13.5. The summed E-state index contributed by atoms with van der Waals surface area (Å²) in [5.41, 5.74) is 6.77. The van der Waals surface area contributed by atoms with Crippen molar-refractivity contribution in [2.75, 3.05) is 6.54 Å². The third-order valence-electron chi connectivity index (χ3n) is 5.47. The van der Waals surface area contributed by atoms with Gasteiger partial charge in [0.05, 0.1) is 12.6 Å². The fourth-order valence-corrected chi connectivity index (χ4v) is 4.04. The van der Waals surface area contributed by atoms with Gasteiger partial charge in [0.25, 0.3) is 0 Å². The normalized spacial score (nSPS) is 14.3. The van der Waals surface area contributed by atoms with E-state index in [2.05, 4.69) is 16.0 Å². The van der Waals surface area contributed by atoms with Gasteiger partial charge in [0.15, 0.2) is 0 Å². The minimum atomic E-state index is -1.17. The van der Waals surface area contributed by atoms with E-state index in [0.717, 1.165) is 10.4 Å². The average molecular weight is 489 g/mol. The Kier molecular flexibility index (Phi) is 10.7. The molecule has 10 heteroatoms. The number of nitrogens with one attached hydrogen (secondary N) is 3. The molecule has 0 saturated heterocycles. The van der Waals surface area contributed by atoms with Crippen molar-refractivity contribution in [1.82, 2.24) is 16.0 Å². The van der Waals surface area contributed by atoms with Crippen molar-refractivity contribution in [2.45, 2.75) is 51.2 Å². The number of thiophene rings is 1. The lowest BCUT2D eigenvalue weighted by atomic mass is 9.97. The molecule has 6 N–H and O–H groups in total. The van der Waals surface area contributed by atoms with E-state index in [9.17, 15) is 24.3 Å². The summed E-state index contributed by atoms with van der Waals surface area (Å²) in [6, 6.07) is 9.87. The number of carbonyl (C=O) groups is 4. The first-order valence-electron chi connectivity index (χ1n) is 11.1. The van der Waals surface area contributed by atoms with Gasteiger partial charge in [-0.2, -0.15) is 0 Å². The summed E-state index contributed by atoms with van der Waals surface area (Å²) in [7, 11) is 0. The SMILES string of the molecule is CC[C@H](C)[C@H](NC(=O)[C@@H](N)Cc1cccs1)C(=O)NCC(=O)N[C@@H](Cc1ccccc1)C(=O)O. The van der Waals surface area contributed by atoms with Crippen molar-refractivity contribution in [1.29, 1.82) is 0 Å². The summed E-state index contributed by atoms with van der Waals surface area (Å²) >= 11 is 1.50. The zero-order valence-corrected chi connectivity index (χ0v) is 20.1. The number of rotatable bonds is 13. The highest BCUT2D eigenvalue weighted by Gasteiger charge is 2.29. The number of carboxylic acid groups (broad SMARTS) is 1. The van der Waals surface area contributed by atoms with Crippen LogP contribution in [0.1, 0.15) is 30.7 Å². The lowest BCUT2D eigenvalue weighted by molar-refractivity contribution is -0.141. The predicted octanol–water partition coefficient (Wildman–Crippen LogP) is 1.08. The summed E-state index contributed by atoms with van der Waals surface area (Å²) in [5.74, 6) is -3.00. The van der Waals surface area contributed by atoms with Gasteiger partial charge in [-0.15, -0.1) is 11.3 Å². The lowest BCUT2D eigenvalue weighted by Crippen LogP contribution is -2.56. The van der Waals surface area contributed by atoms with E-state index in [4.69, 9.17) is 5.73 Å². The quantitative estimate of drug-likeness (QED) is 0.285. The molecule has 0 aliphatic heterocycles. The number of benzene rings is 1. The minimum Gasteiger partial charge on any atom is -0.480 e. The van der Waals surface area contributed by atoms with Crippen LogP contribution in [0.3, 0.4) is 0 Å². The van der Waals surface area contributed by atoms with Gasteiger partial charge in [-0.3, -0.25) is 14.4 Å². The van der Waals surface area contributed by atoms with Crippen molar-refractivity contribution in [2.24, 2.45) is 11.7 Å². The molecule has 0 aliphatic carbocycles.